The second-order valence-electron chi connectivity index (χ2n) is 8.95. The van der Waals surface area contributed by atoms with Crippen LogP contribution in [-0.4, -0.2) is 33.1 Å². The van der Waals surface area contributed by atoms with Gasteiger partial charge in [0.1, 0.15) is 11.9 Å². The van der Waals surface area contributed by atoms with Crippen molar-refractivity contribution >= 4 is 17.4 Å². The molecule has 1 amide bonds. The van der Waals surface area contributed by atoms with Gasteiger partial charge in [-0.1, -0.05) is 12.1 Å². The summed E-state index contributed by atoms with van der Waals surface area (Å²) in [5.74, 6) is 0.626. The first-order valence-corrected chi connectivity index (χ1v) is 11.7. The van der Waals surface area contributed by atoms with Gasteiger partial charge in [-0.15, -0.1) is 0 Å². The fourth-order valence-electron chi connectivity index (χ4n) is 4.18. The van der Waals surface area contributed by atoms with E-state index in [0.29, 0.717) is 34.1 Å². The lowest BCUT2D eigenvalue weighted by Crippen LogP contribution is -2.20. The van der Waals surface area contributed by atoms with Crippen molar-refractivity contribution in [3.05, 3.63) is 89.5 Å². The Morgan fingerprint density at radius 2 is 1.95 bits per heavy atom. The zero-order valence-electron chi connectivity index (χ0n) is 20.3. The van der Waals surface area contributed by atoms with Crippen LogP contribution < -0.4 is 15.4 Å². The molecule has 2 aromatic carbocycles. The van der Waals surface area contributed by atoms with Crippen molar-refractivity contribution in [2.45, 2.75) is 25.3 Å². The van der Waals surface area contributed by atoms with Crippen LogP contribution in [0, 0.1) is 18.3 Å². The van der Waals surface area contributed by atoms with Crippen LogP contribution in [0.25, 0.3) is 11.3 Å². The first-order chi connectivity index (χ1) is 17.9. The van der Waals surface area contributed by atoms with Crippen LogP contribution in [0.4, 0.5) is 11.5 Å². The quantitative estimate of drug-likeness (QED) is 0.335. The summed E-state index contributed by atoms with van der Waals surface area (Å²) in [6, 6.07) is 18.1. The lowest BCUT2D eigenvalue weighted by Gasteiger charge is -2.20. The maximum absolute atomic E-state index is 12.7. The molecule has 2 aromatic heterocycles. The zero-order valence-corrected chi connectivity index (χ0v) is 20.3. The van der Waals surface area contributed by atoms with Gasteiger partial charge < -0.3 is 20.5 Å². The highest BCUT2D eigenvalue weighted by Crippen LogP contribution is 2.48. The van der Waals surface area contributed by atoms with Gasteiger partial charge in [-0.25, -0.2) is 9.97 Å². The number of hydrogen-bond donors (Lipinski definition) is 3. The van der Waals surface area contributed by atoms with E-state index in [9.17, 15) is 15.2 Å². The van der Waals surface area contributed by atoms with Gasteiger partial charge in [0, 0.05) is 29.7 Å². The summed E-state index contributed by atoms with van der Waals surface area (Å²) in [6.45, 7) is 1.89. The van der Waals surface area contributed by atoms with Gasteiger partial charge in [0.2, 0.25) is 5.82 Å². The van der Waals surface area contributed by atoms with Gasteiger partial charge in [0.15, 0.2) is 11.5 Å². The molecule has 0 saturated heterocycles. The molecule has 0 atom stereocenters. The molecular weight excluding hydrogens is 468 g/mol. The molecule has 9 heteroatoms. The molecule has 0 radical (unpaired) electrons. The number of aryl methyl sites for hydroxylation is 1. The van der Waals surface area contributed by atoms with Crippen molar-refractivity contribution in [1.82, 2.24) is 15.0 Å². The Kier molecular flexibility index (Phi) is 6.15. The standard InChI is InChI=1S/C28H24N6O3/c1-17-10-19(16-30-15-17)27(36)31-21-5-3-4-20(12-21)28(8-9-28)34-25-13-22(32-26(14-29)33-25)18-6-7-23(35)24(11-18)37-2/h3-7,10-13,15-16,35H,8-9H2,1-2H3,(H,31,36)(H,32,33,34). The smallest absolute Gasteiger partial charge is 0.257 e. The van der Waals surface area contributed by atoms with E-state index in [-0.39, 0.29) is 23.0 Å². The van der Waals surface area contributed by atoms with Gasteiger partial charge in [0.25, 0.3) is 5.91 Å². The number of hydrogen-bond acceptors (Lipinski definition) is 8. The Balaban J connectivity index is 1.40. The van der Waals surface area contributed by atoms with E-state index in [1.807, 2.05) is 37.3 Å². The zero-order chi connectivity index (χ0) is 26.0. The molecule has 2 heterocycles. The third-order valence-electron chi connectivity index (χ3n) is 6.23. The van der Waals surface area contributed by atoms with Crippen LogP contribution in [-0.2, 0) is 5.54 Å². The maximum Gasteiger partial charge on any atom is 0.257 e. The number of ether oxygens (including phenoxy) is 1. The normalized spacial score (nSPS) is 13.3. The second-order valence-corrected chi connectivity index (χ2v) is 8.95. The minimum atomic E-state index is -0.378. The molecule has 0 unspecified atom stereocenters. The van der Waals surface area contributed by atoms with Crippen molar-refractivity contribution in [3.8, 4) is 28.8 Å². The van der Waals surface area contributed by atoms with Crippen LogP contribution in [0.1, 0.15) is 40.2 Å². The van der Waals surface area contributed by atoms with Crippen LogP contribution in [0.3, 0.4) is 0 Å². The predicted molar refractivity (Wildman–Crippen MR) is 138 cm³/mol. The Bertz CT molecular complexity index is 1540. The summed E-state index contributed by atoms with van der Waals surface area (Å²) < 4.78 is 5.21. The molecule has 5 rings (SSSR count). The Morgan fingerprint density at radius 1 is 1.11 bits per heavy atom. The summed E-state index contributed by atoms with van der Waals surface area (Å²) >= 11 is 0. The van der Waals surface area contributed by atoms with E-state index in [1.54, 1.807) is 36.7 Å². The van der Waals surface area contributed by atoms with Crippen LogP contribution in [0.5, 0.6) is 11.5 Å². The third kappa shape index (κ3) is 5.04. The van der Waals surface area contributed by atoms with Gasteiger partial charge in [-0.05, 0) is 67.3 Å². The number of phenolic OH excluding ortho intramolecular Hbond substituents is 1. The molecule has 9 nitrogen and oxygen atoms in total. The Hall–Kier alpha value is -4.97. The number of benzene rings is 2. The molecule has 1 fully saturated rings. The van der Waals surface area contributed by atoms with E-state index in [4.69, 9.17) is 4.74 Å². The molecule has 1 aliphatic rings. The Morgan fingerprint density at radius 3 is 2.68 bits per heavy atom. The number of amides is 1. The van der Waals surface area contributed by atoms with E-state index in [2.05, 4.69) is 25.6 Å². The summed E-state index contributed by atoms with van der Waals surface area (Å²) in [5.41, 5.74) is 3.90. The highest BCUT2D eigenvalue weighted by Gasteiger charge is 2.45. The van der Waals surface area contributed by atoms with Crippen molar-refractivity contribution in [2.24, 2.45) is 0 Å². The molecule has 0 bridgehead atoms. The van der Waals surface area contributed by atoms with E-state index < -0.39 is 0 Å². The van der Waals surface area contributed by atoms with Crippen molar-refractivity contribution in [2.75, 3.05) is 17.7 Å². The highest BCUT2D eigenvalue weighted by molar-refractivity contribution is 6.04. The lowest BCUT2D eigenvalue weighted by molar-refractivity contribution is 0.102. The van der Waals surface area contributed by atoms with Crippen LogP contribution >= 0.6 is 0 Å². The molecule has 1 saturated carbocycles. The maximum atomic E-state index is 12.7. The molecule has 4 aromatic rings. The largest absolute Gasteiger partial charge is 0.504 e. The first kappa shape index (κ1) is 23.8. The Labute approximate surface area is 213 Å². The number of nitrogens with zero attached hydrogens (tertiary/aromatic N) is 4. The summed E-state index contributed by atoms with van der Waals surface area (Å²) in [5, 5.41) is 25.9. The topological polar surface area (TPSA) is 133 Å². The number of pyridine rings is 1. The highest BCUT2D eigenvalue weighted by atomic mass is 16.5. The number of rotatable bonds is 7. The third-order valence-corrected chi connectivity index (χ3v) is 6.23. The summed E-state index contributed by atoms with van der Waals surface area (Å²) in [7, 11) is 1.47. The van der Waals surface area contributed by atoms with Crippen LogP contribution in [0.15, 0.2) is 67.0 Å². The average molecular weight is 493 g/mol. The monoisotopic (exact) mass is 492 g/mol. The predicted octanol–water partition coefficient (Wildman–Crippen LogP) is 4.79. The van der Waals surface area contributed by atoms with Crippen molar-refractivity contribution in [1.29, 1.82) is 5.26 Å². The molecular formula is C28H24N6O3. The summed E-state index contributed by atoms with van der Waals surface area (Å²) in [6.07, 6.45) is 4.97. The first-order valence-electron chi connectivity index (χ1n) is 11.7. The summed E-state index contributed by atoms with van der Waals surface area (Å²) in [4.78, 5) is 25.5. The number of methoxy groups -OCH3 is 1. The molecule has 184 valence electrons. The molecule has 1 aliphatic carbocycles. The van der Waals surface area contributed by atoms with E-state index >= 15 is 0 Å². The second kappa shape index (κ2) is 9.59. The fraction of sp³-hybridized carbons (Fsp3) is 0.179. The number of carbonyl (C=O) groups excluding carboxylic acids is 1. The van der Waals surface area contributed by atoms with E-state index in [0.717, 1.165) is 24.0 Å². The number of carbonyl (C=O) groups is 1. The SMILES string of the molecule is COc1cc(-c2cc(NC3(c4cccc(NC(=O)c5cncc(C)c5)c4)CC3)nc(C#N)n2)ccc1O. The minimum Gasteiger partial charge on any atom is -0.504 e. The van der Waals surface area contributed by atoms with Gasteiger partial charge in [-0.3, -0.25) is 9.78 Å². The van der Waals surface area contributed by atoms with Gasteiger partial charge in [0.05, 0.1) is 23.9 Å². The molecule has 0 spiro atoms. The molecule has 0 aliphatic heterocycles. The van der Waals surface area contributed by atoms with Gasteiger partial charge >= 0.3 is 0 Å². The molecule has 37 heavy (non-hydrogen) atoms. The van der Waals surface area contributed by atoms with Crippen molar-refractivity contribution in [3.63, 3.8) is 0 Å². The average Bonchev–Trinajstić information content (AvgIpc) is 3.69. The number of aromatic nitrogens is 3. The minimum absolute atomic E-state index is 0.0155. The number of nitriles is 1. The van der Waals surface area contributed by atoms with Crippen molar-refractivity contribution < 1.29 is 14.6 Å². The number of phenols is 1. The molecule has 3 N–H and O–H groups in total. The van der Waals surface area contributed by atoms with Crippen LogP contribution in [0.2, 0.25) is 0 Å². The number of anilines is 2. The number of aromatic hydroxyl groups is 1. The lowest BCUT2D eigenvalue weighted by atomic mass is 10.0. The number of nitrogens with one attached hydrogen (secondary N) is 2. The van der Waals surface area contributed by atoms with Gasteiger partial charge in [-0.2, -0.15) is 5.26 Å². The fourth-order valence-corrected chi connectivity index (χ4v) is 4.18. The van der Waals surface area contributed by atoms with E-state index in [1.165, 1.54) is 13.2 Å².